The molecular formula is C17H24. The second-order valence-corrected chi connectivity index (χ2v) is 5.74. The van der Waals surface area contributed by atoms with Gasteiger partial charge in [-0.1, -0.05) is 75.3 Å². The van der Waals surface area contributed by atoms with E-state index < -0.39 is 0 Å². The van der Waals surface area contributed by atoms with E-state index in [9.17, 15) is 0 Å². The Labute approximate surface area is 106 Å². The molecule has 0 heteroatoms. The quantitative estimate of drug-likeness (QED) is 0.631. The number of hydrogen-bond donors (Lipinski definition) is 0. The molecule has 2 aliphatic rings. The monoisotopic (exact) mass is 228 g/mol. The first kappa shape index (κ1) is 12.4. The summed E-state index contributed by atoms with van der Waals surface area (Å²) >= 11 is 0. The van der Waals surface area contributed by atoms with Crippen LogP contribution < -0.4 is 0 Å². The third kappa shape index (κ3) is 2.06. The number of rotatable bonds is 4. The maximum absolute atomic E-state index is 2.42. The van der Waals surface area contributed by atoms with Crippen LogP contribution in [-0.4, -0.2) is 0 Å². The van der Waals surface area contributed by atoms with Crippen molar-refractivity contribution in [2.24, 2.45) is 17.3 Å². The normalized spacial score (nSPS) is 27.5. The lowest BCUT2D eigenvalue weighted by atomic mass is 9.65. The zero-order valence-electron chi connectivity index (χ0n) is 11.5. The second kappa shape index (κ2) is 4.68. The molecule has 0 aromatic rings. The molecule has 0 fully saturated rings. The molecule has 2 unspecified atom stereocenters. The predicted octanol–water partition coefficient (Wildman–Crippen LogP) is 5.06. The first-order chi connectivity index (χ1) is 8.11. The molecule has 0 amide bonds. The van der Waals surface area contributed by atoms with Gasteiger partial charge in [0.25, 0.3) is 0 Å². The van der Waals surface area contributed by atoms with Gasteiger partial charge in [0.05, 0.1) is 0 Å². The van der Waals surface area contributed by atoms with Crippen molar-refractivity contribution in [2.75, 3.05) is 0 Å². The Morgan fingerprint density at radius 3 is 1.65 bits per heavy atom. The van der Waals surface area contributed by atoms with Crippen molar-refractivity contribution in [1.82, 2.24) is 0 Å². The Kier molecular flexibility index (Phi) is 3.42. The molecule has 0 N–H and O–H groups in total. The maximum Gasteiger partial charge on any atom is 0.00428 e. The SMILES string of the molecule is CCC1=CC=CC1C(C)(C)C1C=CC=C1CC. The highest BCUT2D eigenvalue weighted by atomic mass is 14.4. The van der Waals surface area contributed by atoms with Crippen LogP contribution in [0.4, 0.5) is 0 Å². The van der Waals surface area contributed by atoms with Gasteiger partial charge in [-0.3, -0.25) is 0 Å². The van der Waals surface area contributed by atoms with E-state index in [0.29, 0.717) is 17.3 Å². The van der Waals surface area contributed by atoms with Crippen molar-refractivity contribution in [3.63, 3.8) is 0 Å². The van der Waals surface area contributed by atoms with Crippen LogP contribution in [0.5, 0.6) is 0 Å². The van der Waals surface area contributed by atoms with Crippen molar-refractivity contribution in [2.45, 2.75) is 40.5 Å². The summed E-state index contributed by atoms with van der Waals surface area (Å²) in [5.74, 6) is 1.21. The van der Waals surface area contributed by atoms with Crippen molar-refractivity contribution in [3.8, 4) is 0 Å². The Balaban J connectivity index is 2.25. The van der Waals surface area contributed by atoms with Gasteiger partial charge in [-0.2, -0.15) is 0 Å². The van der Waals surface area contributed by atoms with Crippen LogP contribution in [0.25, 0.3) is 0 Å². The Morgan fingerprint density at radius 1 is 0.882 bits per heavy atom. The zero-order chi connectivity index (χ0) is 12.5. The van der Waals surface area contributed by atoms with Crippen molar-refractivity contribution >= 4 is 0 Å². The van der Waals surface area contributed by atoms with Crippen LogP contribution in [0.1, 0.15) is 40.5 Å². The number of hydrogen-bond acceptors (Lipinski definition) is 0. The van der Waals surface area contributed by atoms with Gasteiger partial charge in [0.1, 0.15) is 0 Å². The van der Waals surface area contributed by atoms with E-state index in [2.05, 4.69) is 64.2 Å². The minimum Gasteiger partial charge on any atom is -0.0768 e. The molecule has 0 aliphatic heterocycles. The van der Waals surface area contributed by atoms with Crippen molar-refractivity contribution in [3.05, 3.63) is 47.6 Å². The molecule has 2 atom stereocenters. The van der Waals surface area contributed by atoms with E-state index in [1.165, 1.54) is 12.8 Å². The fourth-order valence-corrected chi connectivity index (χ4v) is 3.36. The molecule has 0 spiro atoms. The summed E-state index contributed by atoms with van der Waals surface area (Å²) in [7, 11) is 0. The second-order valence-electron chi connectivity index (χ2n) is 5.74. The van der Waals surface area contributed by atoms with Crippen LogP contribution in [0.2, 0.25) is 0 Å². The summed E-state index contributed by atoms with van der Waals surface area (Å²) in [6, 6.07) is 0. The topological polar surface area (TPSA) is 0 Å². The summed E-state index contributed by atoms with van der Waals surface area (Å²) in [5.41, 5.74) is 3.47. The molecule has 0 saturated carbocycles. The van der Waals surface area contributed by atoms with Gasteiger partial charge in [-0.05, 0) is 18.3 Å². The van der Waals surface area contributed by atoms with E-state index in [1.807, 2.05) is 0 Å². The molecule has 2 aliphatic carbocycles. The molecule has 0 saturated heterocycles. The third-order valence-electron chi connectivity index (χ3n) is 4.45. The molecule has 0 radical (unpaired) electrons. The van der Waals surface area contributed by atoms with Gasteiger partial charge >= 0.3 is 0 Å². The van der Waals surface area contributed by atoms with Gasteiger partial charge in [0.15, 0.2) is 0 Å². The Bertz CT molecular complexity index is 364. The first-order valence-corrected chi connectivity index (χ1v) is 6.85. The minimum absolute atomic E-state index is 0.295. The fraction of sp³-hybridized carbons (Fsp3) is 0.529. The Morgan fingerprint density at radius 2 is 1.29 bits per heavy atom. The standard InChI is InChI=1S/C17H24/c1-5-13-9-7-11-15(13)17(3,4)16-12-8-10-14(16)6-2/h7-12,15-16H,5-6H2,1-4H3. The lowest BCUT2D eigenvalue weighted by Crippen LogP contribution is -2.31. The lowest BCUT2D eigenvalue weighted by molar-refractivity contribution is 0.229. The molecule has 0 aromatic carbocycles. The van der Waals surface area contributed by atoms with E-state index in [0.717, 1.165) is 0 Å². The van der Waals surface area contributed by atoms with Crippen LogP contribution in [0.15, 0.2) is 47.6 Å². The predicted molar refractivity (Wildman–Crippen MR) is 75.8 cm³/mol. The fourth-order valence-electron chi connectivity index (χ4n) is 3.36. The molecule has 0 aromatic heterocycles. The lowest BCUT2D eigenvalue weighted by Gasteiger charge is -2.39. The number of allylic oxidation sites excluding steroid dienone is 8. The van der Waals surface area contributed by atoms with Crippen molar-refractivity contribution < 1.29 is 0 Å². The van der Waals surface area contributed by atoms with Gasteiger partial charge in [0.2, 0.25) is 0 Å². The highest BCUT2D eigenvalue weighted by Gasteiger charge is 2.39. The summed E-state index contributed by atoms with van der Waals surface area (Å²) in [6.07, 6.45) is 16.2. The zero-order valence-corrected chi connectivity index (χ0v) is 11.5. The maximum atomic E-state index is 2.42. The highest BCUT2D eigenvalue weighted by molar-refractivity contribution is 5.35. The van der Waals surface area contributed by atoms with Gasteiger partial charge < -0.3 is 0 Å². The summed E-state index contributed by atoms with van der Waals surface area (Å²) < 4.78 is 0. The molecule has 0 heterocycles. The highest BCUT2D eigenvalue weighted by Crippen LogP contribution is 2.48. The van der Waals surface area contributed by atoms with Gasteiger partial charge in [-0.15, -0.1) is 0 Å². The minimum atomic E-state index is 0.295. The molecule has 17 heavy (non-hydrogen) atoms. The smallest absolute Gasteiger partial charge is 0.00428 e. The van der Waals surface area contributed by atoms with Gasteiger partial charge in [0, 0.05) is 11.8 Å². The first-order valence-electron chi connectivity index (χ1n) is 6.85. The van der Waals surface area contributed by atoms with E-state index in [-0.39, 0.29) is 0 Å². The summed E-state index contributed by atoms with van der Waals surface area (Å²) in [6.45, 7) is 9.37. The summed E-state index contributed by atoms with van der Waals surface area (Å²) in [4.78, 5) is 0. The van der Waals surface area contributed by atoms with E-state index >= 15 is 0 Å². The van der Waals surface area contributed by atoms with Crippen molar-refractivity contribution in [1.29, 1.82) is 0 Å². The van der Waals surface area contributed by atoms with Crippen LogP contribution in [0, 0.1) is 17.3 Å². The molecule has 0 nitrogen and oxygen atoms in total. The summed E-state index contributed by atoms with van der Waals surface area (Å²) in [5, 5.41) is 0. The molecule has 0 bridgehead atoms. The molecule has 2 rings (SSSR count). The van der Waals surface area contributed by atoms with E-state index in [1.54, 1.807) is 11.1 Å². The van der Waals surface area contributed by atoms with Gasteiger partial charge in [-0.25, -0.2) is 0 Å². The van der Waals surface area contributed by atoms with Crippen LogP contribution >= 0.6 is 0 Å². The largest absolute Gasteiger partial charge is 0.0768 e. The average Bonchev–Trinajstić information content (AvgIpc) is 2.97. The molecular weight excluding hydrogens is 204 g/mol. The Hall–Kier alpha value is -1.04. The average molecular weight is 228 g/mol. The van der Waals surface area contributed by atoms with Crippen LogP contribution in [-0.2, 0) is 0 Å². The van der Waals surface area contributed by atoms with E-state index in [4.69, 9.17) is 0 Å². The van der Waals surface area contributed by atoms with Crippen LogP contribution in [0.3, 0.4) is 0 Å². The molecule has 92 valence electrons. The third-order valence-corrected chi connectivity index (χ3v) is 4.45.